The van der Waals surface area contributed by atoms with Crippen LogP contribution in [0.25, 0.3) is 0 Å². The highest BCUT2D eigenvalue weighted by Gasteiger charge is 2.38. The van der Waals surface area contributed by atoms with Crippen molar-refractivity contribution in [1.29, 1.82) is 0 Å². The van der Waals surface area contributed by atoms with Crippen molar-refractivity contribution in [3.8, 4) is 0 Å². The van der Waals surface area contributed by atoms with Crippen molar-refractivity contribution in [1.82, 2.24) is 0 Å². The van der Waals surface area contributed by atoms with E-state index in [-0.39, 0.29) is 5.15 Å². The summed E-state index contributed by atoms with van der Waals surface area (Å²) in [5.41, 5.74) is 0.318. The molecule has 0 aliphatic carbocycles. The van der Waals surface area contributed by atoms with Gasteiger partial charge in [-0.1, -0.05) is 0 Å². The van der Waals surface area contributed by atoms with E-state index in [0.29, 0.717) is 17.9 Å². The van der Waals surface area contributed by atoms with Gasteiger partial charge < -0.3 is 14.7 Å². The fourth-order valence-electron chi connectivity index (χ4n) is 1.79. The van der Waals surface area contributed by atoms with Crippen LogP contribution < -0.4 is 4.73 Å². The van der Waals surface area contributed by atoms with Crippen molar-refractivity contribution < 1.29 is 14.2 Å². The average Bonchev–Trinajstić information content (AvgIpc) is 2.72. The molecule has 1 aromatic heterocycles. The van der Waals surface area contributed by atoms with Gasteiger partial charge in [0.1, 0.15) is 5.60 Å². The second-order valence-electron chi connectivity index (χ2n) is 3.57. The Morgan fingerprint density at radius 1 is 1.60 bits per heavy atom. The third-order valence-corrected chi connectivity index (χ3v) is 3.06. The molecule has 0 radical (unpaired) electrons. The maximum absolute atomic E-state index is 11.3. The van der Waals surface area contributed by atoms with Crippen LogP contribution in [-0.2, 0) is 15.1 Å². The Hall–Kier alpha value is -0.840. The highest BCUT2D eigenvalue weighted by molar-refractivity contribution is 6.28. The molecule has 2 rings (SSSR count). The fraction of sp³-hybridized carbons (Fsp3) is 0.500. The van der Waals surface area contributed by atoms with Crippen molar-refractivity contribution in [3.63, 3.8) is 0 Å². The van der Waals surface area contributed by atoms with E-state index in [0.717, 1.165) is 12.0 Å². The Balaban J connectivity index is 2.38. The molecule has 82 valence electrons. The summed E-state index contributed by atoms with van der Waals surface area (Å²) in [6.45, 7) is 1.13. The summed E-state index contributed by atoms with van der Waals surface area (Å²) in [4.78, 5) is 0. The standard InChI is InChI=1S/C10H12ClNO3/c1-14-10(4-5-15-7-10)8-2-3-9(11)12(13)6-8/h2-3,6H,4-5,7H2,1H3. The molecule has 0 bridgehead atoms. The number of ether oxygens (including phenoxy) is 2. The molecule has 5 heteroatoms. The number of hydrogen-bond acceptors (Lipinski definition) is 3. The maximum Gasteiger partial charge on any atom is 0.286 e. The molecule has 0 aromatic carbocycles. The van der Waals surface area contributed by atoms with Gasteiger partial charge in [-0.15, -0.1) is 0 Å². The second-order valence-corrected chi connectivity index (χ2v) is 3.95. The van der Waals surface area contributed by atoms with E-state index in [1.54, 1.807) is 19.2 Å². The Morgan fingerprint density at radius 3 is 2.93 bits per heavy atom. The second kappa shape index (κ2) is 3.96. The largest absolute Gasteiger partial charge is 0.618 e. The third kappa shape index (κ3) is 1.80. The number of methoxy groups -OCH3 is 1. The number of nitrogens with zero attached hydrogens (tertiary/aromatic N) is 1. The molecule has 1 fully saturated rings. The molecule has 0 amide bonds. The summed E-state index contributed by atoms with van der Waals surface area (Å²) in [6, 6.07) is 3.37. The van der Waals surface area contributed by atoms with Crippen LogP contribution >= 0.6 is 11.6 Å². The van der Waals surface area contributed by atoms with E-state index in [2.05, 4.69) is 0 Å². The highest BCUT2D eigenvalue weighted by atomic mass is 35.5. The molecule has 1 saturated heterocycles. The minimum absolute atomic E-state index is 0.156. The SMILES string of the molecule is COC1(c2ccc(Cl)[n+]([O-])c2)CCOC1. The van der Waals surface area contributed by atoms with E-state index < -0.39 is 5.60 Å². The molecule has 2 heterocycles. The summed E-state index contributed by atoms with van der Waals surface area (Å²) in [5, 5.41) is 11.5. The summed E-state index contributed by atoms with van der Waals surface area (Å²) >= 11 is 5.65. The van der Waals surface area contributed by atoms with E-state index in [1.165, 1.54) is 6.20 Å². The molecule has 4 nitrogen and oxygen atoms in total. The van der Waals surface area contributed by atoms with Crippen LogP contribution in [0.15, 0.2) is 18.3 Å². The van der Waals surface area contributed by atoms with Crippen LogP contribution in [0.2, 0.25) is 5.15 Å². The molecule has 0 N–H and O–H groups in total. The summed E-state index contributed by atoms with van der Waals surface area (Å²) < 4.78 is 11.4. The molecule has 0 spiro atoms. The lowest BCUT2D eigenvalue weighted by atomic mass is 9.94. The quantitative estimate of drug-likeness (QED) is 0.435. The molecule has 1 atom stereocenters. The zero-order valence-corrected chi connectivity index (χ0v) is 9.16. The first-order valence-electron chi connectivity index (χ1n) is 4.70. The van der Waals surface area contributed by atoms with Gasteiger partial charge >= 0.3 is 0 Å². The topological polar surface area (TPSA) is 45.4 Å². The van der Waals surface area contributed by atoms with E-state index in [9.17, 15) is 5.21 Å². The van der Waals surface area contributed by atoms with Crippen molar-refractivity contribution in [2.24, 2.45) is 0 Å². The summed E-state index contributed by atoms with van der Waals surface area (Å²) in [6.07, 6.45) is 2.20. The number of aromatic nitrogens is 1. The smallest absolute Gasteiger partial charge is 0.286 e. The third-order valence-electron chi connectivity index (χ3n) is 2.77. The Kier molecular flexibility index (Phi) is 2.82. The van der Waals surface area contributed by atoms with Crippen LogP contribution in [0.5, 0.6) is 0 Å². The first-order chi connectivity index (χ1) is 7.18. The van der Waals surface area contributed by atoms with Gasteiger partial charge in [-0.25, -0.2) is 0 Å². The van der Waals surface area contributed by atoms with Crippen molar-refractivity contribution in [2.45, 2.75) is 12.0 Å². The zero-order chi connectivity index (χ0) is 10.9. The first-order valence-corrected chi connectivity index (χ1v) is 5.08. The summed E-state index contributed by atoms with van der Waals surface area (Å²) in [5.74, 6) is 0. The van der Waals surface area contributed by atoms with Gasteiger partial charge in [-0.3, -0.25) is 0 Å². The van der Waals surface area contributed by atoms with E-state index in [4.69, 9.17) is 21.1 Å². The molecule has 0 saturated carbocycles. The van der Waals surface area contributed by atoms with Crippen LogP contribution in [0.1, 0.15) is 12.0 Å². The molecular formula is C10H12ClNO3. The molecule has 1 aromatic rings. The minimum atomic E-state index is -0.489. The number of pyridine rings is 1. The lowest BCUT2D eigenvalue weighted by Gasteiger charge is -2.24. The number of hydrogen-bond donors (Lipinski definition) is 0. The Morgan fingerprint density at radius 2 is 2.40 bits per heavy atom. The predicted octanol–water partition coefficient (Wildman–Crippen LogP) is 1.24. The van der Waals surface area contributed by atoms with Gasteiger partial charge in [-0.2, -0.15) is 4.73 Å². The first kappa shape index (κ1) is 10.7. The molecule has 1 aliphatic rings. The molecule has 15 heavy (non-hydrogen) atoms. The number of halogens is 1. The number of rotatable bonds is 2. The van der Waals surface area contributed by atoms with Crippen molar-refractivity contribution >= 4 is 11.6 Å². The van der Waals surface area contributed by atoms with Gasteiger partial charge in [0.2, 0.25) is 0 Å². The van der Waals surface area contributed by atoms with Crippen molar-refractivity contribution in [2.75, 3.05) is 20.3 Å². The van der Waals surface area contributed by atoms with Gasteiger partial charge in [0.15, 0.2) is 6.20 Å². The van der Waals surface area contributed by atoms with Gasteiger partial charge in [-0.05, 0) is 17.7 Å². The van der Waals surface area contributed by atoms with Crippen LogP contribution in [-0.4, -0.2) is 20.3 Å². The van der Waals surface area contributed by atoms with E-state index >= 15 is 0 Å². The monoisotopic (exact) mass is 229 g/mol. The minimum Gasteiger partial charge on any atom is -0.618 e. The normalized spacial score (nSPS) is 25.7. The lowest BCUT2D eigenvalue weighted by Crippen LogP contribution is -2.34. The summed E-state index contributed by atoms with van der Waals surface area (Å²) in [7, 11) is 1.62. The highest BCUT2D eigenvalue weighted by Crippen LogP contribution is 2.33. The maximum atomic E-state index is 11.3. The Labute approximate surface area is 93.0 Å². The molecule has 1 unspecified atom stereocenters. The van der Waals surface area contributed by atoms with Crippen LogP contribution in [0, 0.1) is 5.21 Å². The molecular weight excluding hydrogens is 218 g/mol. The average molecular weight is 230 g/mol. The fourth-order valence-corrected chi connectivity index (χ4v) is 1.90. The van der Waals surface area contributed by atoms with Gasteiger partial charge in [0.05, 0.1) is 12.2 Å². The lowest BCUT2D eigenvalue weighted by molar-refractivity contribution is -0.604. The van der Waals surface area contributed by atoms with Crippen molar-refractivity contribution in [3.05, 3.63) is 34.3 Å². The zero-order valence-electron chi connectivity index (χ0n) is 8.40. The van der Waals surface area contributed by atoms with Gasteiger partial charge in [0, 0.05) is 26.2 Å². The van der Waals surface area contributed by atoms with E-state index in [1.807, 2.05) is 0 Å². The predicted molar refractivity (Wildman–Crippen MR) is 54.5 cm³/mol. The van der Waals surface area contributed by atoms with Crippen LogP contribution in [0.4, 0.5) is 0 Å². The van der Waals surface area contributed by atoms with Crippen LogP contribution in [0.3, 0.4) is 0 Å². The Bertz CT molecular complexity index is 364. The van der Waals surface area contributed by atoms with Gasteiger partial charge in [0.25, 0.3) is 5.15 Å². The molecule has 1 aliphatic heterocycles.